The Kier molecular flexibility index (Phi) is 2.98. The maximum absolute atomic E-state index is 11.7. The zero-order chi connectivity index (χ0) is 10.9. The smallest absolute Gasteiger partial charge is 0.223 e. The van der Waals surface area contributed by atoms with Crippen molar-refractivity contribution < 1.29 is 9.90 Å². The molecule has 0 aromatic rings. The molecular formula is C11H20N2O2. The van der Waals surface area contributed by atoms with Gasteiger partial charge in [-0.1, -0.05) is 6.42 Å². The van der Waals surface area contributed by atoms with E-state index in [1.165, 1.54) is 6.42 Å². The lowest BCUT2D eigenvalue weighted by Gasteiger charge is -2.25. The van der Waals surface area contributed by atoms with E-state index in [0.29, 0.717) is 18.9 Å². The van der Waals surface area contributed by atoms with Gasteiger partial charge in [0.05, 0.1) is 6.61 Å². The molecule has 3 N–H and O–H groups in total. The number of aliphatic hydroxyl groups excluding tert-OH is 1. The van der Waals surface area contributed by atoms with Crippen molar-refractivity contribution in [2.24, 2.45) is 17.1 Å². The van der Waals surface area contributed by atoms with Crippen molar-refractivity contribution in [2.75, 3.05) is 26.2 Å². The van der Waals surface area contributed by atoms with Crippen LogP contribution in [0.4, 0.5) is 0 Å². The molecule has 15 heavy (non-hydrogen) atoms. The second-order valence-electron chi connectivity index (χ2n) is 4.92. The maximum atomic E-state index is 11.7. The third-order valence-electron chi connectivity index (χ3n) is 4.07. The van der Waals surface area contributed by atoms with Crippen LogP contribution in [0.25, 0.3) is 0 Å². The Hall–Kier alpha value is -0.610. The molecule has 0 unspecified atom stereocenters. The fourth-order valence-electron chi connectivity index (χ4n) is 3.14. The van der Waals surface area contributed by atoms with Crippen molar-refractivity contribution in [3.05, 3.63) is 0 Å². The van der Waals surface area contributed by atoms with Gasteiger partial charge in [0.25, 0.3) is 0 Å². The summed E-state index contributed by atoms with van der Waals surface area (Å²) in [5.74, 6) is 0.670. The van der Waals surface area contributed by atoms with Crippen molar-refractivity contribution in [1.29, 1.82) is 0 Å². The summed E-state index contributed by atoms with van der Waals surface area (Å²) in [7, 11) is 0. The topological polar surface area (TPSA) is 66.6 Å². The molecule has 1 saturated carbocycles. The quantitative estimate of drug-likeness (QED) is 0.689. The normalized spacial score (nSPS) is 34.5. The number of likely N-dealkylation sites (tertiary alicyclic amines) is 1. The van der Waals surface area contributed by atoms with Crippen LogP contribution in [0.3, 0.4) is 0 Å². The zero-order valence-electron chi connectivity index (χ0n) is 9.11. The van der Waals surface area contributed by atoms with Gasteiger partial charge in [0.2, 0.25) is 5.91 Å². The molecule has 1 aliphatic carbocycles. The summed E-state index contributed by atoms with van der Waals surface area (Å²) < 4.78 is 0. The van der Waals surface area contributed by atoms with E-state index in [1.807, 2.05) is 4.90 Å². The van der Waals surface area contributed by atoms with E-state index in [-0.39, 0.29) is 17.9 Å². The number of hydrogen-bond donors (Lipinski definition) is 2. The minimum atomic E-state index is 0.0181. The molecule has 86 valence electrons. The molecule has 2 aliphatic rings. The predicted octanol–water partition coefficient (Wildman–Crippen LogP) is -0.0438. The van der Waals surface area contributed by atoms with Crippen molar-refractivity contribution in [2.45, 2.75) is 25.7 Å². The molecule has 1 amide bonds. The summed E-state index contributed by atoms with van der Waals surface area (Å²) in [6.45, 7) is 2.22. The number of aliphatic hydroxyl groups is 1. The Labute approximate surface area is 90.4 Å². The highest BCUT2D eigenvalue weighted by atomic mass is 16.3. The van der Waals surface area contributed by atoms with E-state index in [4.69, 9.17) is 5.73 Å². The predicted molar refractivity (Wildman–Crippen MR) is 57.1 cm³/mol. The van der Waals surface area contributed by atoms with Crippen molar-refractivity contribution in [1.82, 2.24) is 4.90 Å². The van der Waals surface area contributed by atoms with Gasteiger partial charge in [0, 0.05) is 31.5 Å². The number of nitrogens with zero attached hydrogens (tertiary/aromatic N) is 1. The molecule has 0 spiro atoms. The average Bonchev–Trinajstić information content (AvgIpc) is 2.73. The molecule has 0 aromatic heterocycles. The fraction of sp³-hybridized carbons (Fsp3) is 0.909. The third kappa shape index (κ3) is 1.76. The molecular weight excluding hydrogens is 192 g/mol. The zero-order valence-corrected chi connectivity index (χ0v) is 9.11. The SMILES string of the molecule is NCCC(=O)N1C[C@H]2CCC[C@]2(CO)C1. The van der Waals surface area contributed by atoms with Crippen molar-refractivity contribution >= 4 is 5.91 Å². The molecule has 4 nitrogen and oxygen atoms in total. The summed E-state index contributed by atoms with van der Waals surface area (Å²) in [6, 6.07) is 0. The first kappa shape index (κ1) is 10.9. The monoisotopic (exact) mass is 212 g/mol. The molecule has 0 bridgehead atoms. The summed E-state index contributed by atoms with van der Waals surface area (Å²) in [6.07, 6.45) is 3.87. The van der Waals surface area contributed by atoms with E-state index < -0.39 is 0 Å². The number of nitrogens with two attached hydrogens (primary N) is 1. The van der Waals surface area contributed by atoms with E-state index in [2.05, 4.69) is 0 Å². The van der Waals surface area contributed by atoms with Crippen LogP contribution in [0.2, 0.25) is 0 Å². The number of rotatable bonds is 3. The van der Waals surface area contributed by atoms with Crippen molar-refractivity contribution in [3.63, 3.8) is 0 Å². The molecule has 2 fully saturated rings. The van der Waals surface area contributed by atoms with Gasteiger partial charge in [-0.05, 0) is 18.8 Å². The van der Waals surface area contributed by atoms with Crippen molar-refractivity contribution in [3.8, 4) is 0 Å². The second-order valence-corrected chi connectivity index (χ2v) is 4.92. The van der Waals surface area contributed by atoms with Gasteiger partial charge in [-0.2, -0.15) is 0 Å². The molecule has 2 rings (SSSR count). The molecule has 1 aliphatic heterocycles. The lowest BCUT2D eigenvalue weighted by molar-refractivity contribution is -0.130. The molecule has 4 heteroatoms. The maximum Gasteiger partial charge on any atom is 0.223 e. The van der Waals surface area contributed by atoms with Crippen LogP contribution >= 0.6 is 0 Å². The highest BCUT2D eigenvalue weighted by molar-refractivity contribution is 5.76. The molecule has 0 aromatic carbocycles. The van der Waals surface area contributed by atoms with Crippen LogP contribution in [0.1, 0.15) is 25.7 Å². The van der Waals surface area contributed by atoms with Gasteiger partial charge in [-0.25, -0.2) is 0 Å². The van der Waals surface area contributed by atoms with Crippen LogP contribution in [-0.2, 0) is 4.79 Å². The van der Waals surface area contributed by atoms with E-state index in [9.17, 15) is 9.90 Å². The largest absolute Gasteiger partial charge is 0.396 e. The van der Waals surface area contributed by atoms with Crippen LogP contribution in [0.15, 0.2) is 0 Å². The number of carbonyl (C=O) groups is 1. The average molecular weight is 212 g/mol. The number of fused-ring (bicyclic) bond motifs is 1. The minimum Gasteiger partial charge on any atom is -0.396 e. The summed E-state index contributed by atoms with van der Waals surface area (Å²) in [4.78, 5) is 13.6. The summed E-state index contributed by atoms with van der Waals surface area (Å²) in [5.41, 5.74) is 5.40. The van der Waals surface area contributed by atoms with Gasteiger partial charge < -0.3 is 15.7 Å². The Morgan fingerprint density at radius 1 is 1.60 bits per heavy atom. The van der Waals surface area contributed by atoms with Gasteiger partial charge in [0.1, 0.15) is 0 Å². The first-order valence-electron chi connectivity index (χ1n) is 5.80. The Balaban J connectivity index is 2.01. The van der Waals surface area contributed by atoms with Crippen LogP contribution < -0.4 is 5.73 Å². The van der Waals surface area contributed by atoms with E-state index in [0.717, 1.165) is 25.9 Å². The third-order valence-corrected chi connectivity index (χ3v) is 4.07. The van der Waals surface area contributed by atoms with Crippen LogP contribution in [0.5, 0.6) is 0 Å². The van der Waals surface area contributed by atoms with Gasteiger partial charge >= 0.3 is 0 Å². The molecule has 2 atom stereocenters. The highest BCUT2D eigenvalue weighted by Gasteiger charge is 2.49. The number of hydrogen-bond acceptors (Lipinski definition) is 3. The van der Waals surface area contributed by atoms with E-state index in [1.54, 1.807) is 0 Å². The lowest BCUT2D eigenvalue weighted by Crippen LogP contribution is -2.34. The Morgan fingerprint density at radius 3 is 3.00 bits per heavy atom. The summed E-state index contributed by atoms with van der Waals surface area (Å²) >= 11 is 0. The van der Waals surface area contributed by atoms with Gasteiger partial charge in [-0.15, -0.1) is 0 Å². The van der Waals surface area contributed by atoms with Gasteiger partial charge in [0.15, 0.2) is 0 Å². The first-order chi connectivity index (χ1) is 7.22. The van der Waals surface area contributed by atoms with Gasteiger partial charge in [-0.3, -0.25) is 4.79 Å². The van der Waals surface area contributed by atoms with Crippen LogP contribution in [-0.4, -0.2) is 42.2 Å². The molecule has 1 heterocycles. The highest BCUT2D eigenvalue weighted by Crippen LogP contribution is 2.48. The first-order valence-corrected chi connectivity index (χ1v) is 5.80. The second kappa shape index (κ2) is 4.10. The Morgan fingerprint density at radius 2 is 2.40 bits per heavy atom. The number of carbonyl (C=O) groups excluding carboxylic acids is 1. The number of amides is 1. The molecule has 0 radical (unpaired) electrons. The summed E-state index contributed by atoms with van der Waals surface area (Å²) in [5, 5.41) is 9.49. The molecule has 1 saturated heterocycles. The minimum absolute atomic E-state index is 0.0181. The van der Waals surface area contributed by atoms with Crippen LogP contribution in [0, 0.1) is 11.3 Å². The lowest BCUT2D eigenvalue weighted by atomic mass is 9.82. The Bertz CT molecular complexity index is 257. The standard InChI is InChI=1S/C11H20N2O2/c12-5-3-10(15)13-6-9-2-1-4-11(9,7-13)8-14/h9,14H,1-8,12H2/t9-,11-/m1/s1. The van der Waals surface area contributed by atoms with E-state index >= 15 is 0 Å². The fourth-order valence-corrected chi connectivity index (χ4v) is 3.14.